The molecule has 1 aliphatic carbocycles. The molecule has 1 fully saturated rings. The Balaban J connectivity index is 2.21. The Bertz CT molecular complexity index is 297. The molecule has 1 saturated carbocycles. The minimum Gasteiger partial charge on any atom is -0.619 e. The van der Waals surface area contributed by atoms with Gasteiger partial charge in [-0.2, -0.15) is 4.73 Å². The normalized spacial score (nSPS) is 18.5. The van der Waals surface area contributed by atoms with Crippen LogP contribution in [0.15, 0.2) is 24.5 Å². The van der Waals surface area contributed by atoms with Crippen LogP contribution in [0, 0.1) is 11.1 Å². The van der Waals surface area contributed by atoms with Gasteiger partial charge in [0.05, 0.1) is 6.10 Å². The third kappa shape index (κ3) is 1.80. The molecule has 70 valence electrons. The van der Waals surface area contributed by atoms with E-state index in [9.17, 15) is 5.21 Å². The maximum atomic E-state index is 11.0. The second-order valence-corrected chi connectivity index (χ2v) is 3.49. The first kappa shape index (κ1) is 8.51. The Morgan fingerprint density at radius 2 is 2.38 bits per heavy atom. The number of rotatable bonds is 3. The van der Waals surface area contributed by atoms with Crippen molar-refractivity contribution < 1.29 is 9.47 Å². The summed E-state index contributed by atoms with van der Waals surface area (Å²) in [6.07, 6.45) is 5.62. The van der Waals surface area contributed by atoms with Crippen LogP contribution in [0.3, 0.4) is 0 Å². The van der Waals surface area contributed by atoms with Crippen LogP contribution in [-0.4, -0.2) is 7.11 Å². The maximum absolute atomic E-state index is 11.0. The summed E-state index contributed by atoms with van der Waals surface area (Å²) in [5.74, 6) is 0.618. The number of aromatic nitrogens is 1. The number of ether oxygens (including phenoxy) is 1. The SMILES string of the molecule is COC(c1ccc[n+]([O-])c1)C1CC1. The molecule has 1 aromatic heterocycles. The number of hydrogen-bond acceptors (Lipinski definition) is 2. The molecule has 2 rings (SSSR count). The molecule has 1 atom stereocenters. The zero-order chi connectivity index (χ0) is 9.26. The molecular weight excluding hydrogens is 166 g/mol. The molecule has 1 aromatic rings. The molecule has 3 nitrogen and oxygen atoms in total. The maximum Gasteiger partial charge on any atom is 0.186 e. The van der Waals surface area contributed by atoms with Crippen LogP contribution in [0.5, 0.6) is 0 Å². The van der Waals surface area contributed by atoms with Crippen molar-refractivity contribution in [3.05, 3.63) is 35.3 Å². The van der Waals surface area contributed by atoms with Crippen LogP contribution in [0.4, 0.5) is 0 Å². The van der Waals surface area contributed by atoms with Crippen LogP contribution in [0.25, 0.3) is 0 Å². The molecule has 0 N–H and O–H groups in total. The number of methoxy groups -OCH3 is 1. The predicted molar refractivity (Wildman–Crippen MR) is 47.9 cm³/mol. The quantitative estimate of drug-likeness (QED) is 0.519. The smallest absolute Gasteiger partial charge is 0.186 e. The number of hydrogen-bond donors (Lipinski definition) is 0. The van der Waals surface area contributed by atoms with E-state index in [1.54, 1.807) is 19.4 Å². The van der Waals surface area contributed by atoms with E-state index >= 15 is 0 Å². The van der Waals surface area contributed by atoms with Crippen molar-refractivity contribution in [2.75, 3.05) is 7.11 Å². The molecule has 0 spiro atoms. The highest BCUT2D eigenvalue weighted by Crippen LogP contribution is 2.42. The Morgan fingerprint density at radius 3 is 2.92 bits per heavy atom. The highest BCUT2D eigenvalue weighted by atomic mass is 16.5. The van der Waals surface area contributed by atoms with E-state index in [1.165, 1.54) is 19.0 Å². The summed E-state index contributed by atoms with van der Waals surface area (Å²) in [4.78, 5) is 0. The van der Waals surface area contributed by atoms with Crippen molar-refractivity contribution in [1.82, 2.24) is 0 Å². The first-order valence-electron chi connectivity index (χ1n) is 4.53. The van der Waals surface area contributed by atoms with Crippen LogP contribution in [0.2, 0.25) is 0 Å². The molecule has 1 aliphatic rings. The molecular formula is C10H13NO2. The van der Waals surface area contributed by atoms with Gasteiger partial charge in [-0.05, 0) is 24.8 Å². The predicted octanol–water partition coefficient (Wildman–Crippen LogP) is 1.42. The van der Waals surface area contributed by atoms with E-state index in [1.807, 2.05) is 6.07 Å². The van der Waals surface area contributed by atoms with Gasteiger partial charge in [-0.15, -0.1) is 0 Å². The van der Waals surface area contributed by atoms with Gasteiger partial charge >= 0.3 is 0 Å². The van der Waals surface area contributed by atoms with Gasteiger partial charge in [0.25, 0.3) is 0 Å². The van der Waals surface area contributed by atoms with Gasteiger partial charge in [0.2, 0.25) is 0 Å². The lowest BCUT2D eigenvalue weighted by molar-refractivity contribution is -0.606. The molecule has 1 heterocycles. The van der Waals surface area contributed by atoms with E-state index < -0.39 is 0 Å². The van der Waals surface area contributed by atoms with E-state index in [4.69, 9.17) is 4.74 Å². The molecule has 0 aliphatic heterocycles. The zero-order valence-electron chi connectivity index (χ0n) is 7.64. The van der Waals surface area contributed by atoms with Crippen molar-refractivity contribution in [2.45, 2.75) is 18.9 Å². The lowest BCUT2D eigenvalue weighted by Crippen LogP contribution is -2.25. The Kier molecular flexibility index (Phi) is 2.19. The molecule has 0 bridgehead atoms. The summed E-state index contributed by atoms with van der Waals surface area (Å²) >= 11 is 0. The molecule has 1 unspecified atom stereocenters. The summed E-state index contributed by atoms with van der Waals surface area (Å²) < 4.78 is 6.19. The highest BCUT2D eigenvalue weighted by Gasteiger charge is 2.33. The van der Waals surface area contributed by atoms with Crippen molar-refractivity contribution in [2.24, 2.45) is 5.92 Å². The molecule has 13 heavy (non-hydrogen) atoms. The fourth-order valence-corrected chi connectivity index (χ4v) is 1.64. The highest BCUT2D eigenvalue weighted by molar-refractivity contribution is 5.12. The largest absolute Gasteiger partial charge is 0.619 e. The average Bonchev–Trinajstić information content (AvgIpc) is 2.90. The monoisotopic (exact) mass is 179 g/mol. The van der Waals surface area contributed by atoms with E-state index in [0.717, 1.165) is 10.3 Å². The topological polar surface area (TPSA) is 36.2 Å². The Labute approximate surface area is 77.5 Å². The molecule has 0 saturated heterocycles. The van der Waals surface area contributed by atoms with Gasteiger partial charge in [0.15, 0.2) is 12.4 Å². The van der Waals surface area contributed by atoms with Crippen molar-refractivity contribution in [3.8, 4) is 0 Å². The van der Waals surface area contributed by atoms with Crippen molar-refractivity contribution in [1.29, 1.82) is 0 Å². The Morgan fingerprint density at radius 1 is 1.62 bits per heavy atom. The van der Waals surface area contributed by atoms with E-state index in [0.29, 0.717) is 5.92 Å². The van der Waals surface area contributed by atoms with E-state index in [-0.39, 0.29) is 6.10 Å². The lowest BCUT2D eigenvalue weighted by atomic mass is 10.1. The van der Waals surface area contributed by atoms with Crippen molar-refractivity contribution >= 4 is 0 Å². The van der Waals surface area contributed by atoms with Crippen LogP contribution < -0.4 is 4.73 Å². The number of nitrogens with zero attached hydrogens (tertiary/aromatic N) is 1. The summed E-state index contributed by atoms with van der Waals surface area (Å²) in [6.45, 7) is 0. The van der Waals surface area contributed by atoms with Crippen molar-refractivity contribution in [3.63, 3.8) is 0 Å². The van der Waals surface area contributed by atoms with Gasteiger partial charge in [-0.1, -0.05) is 0 Å². The zero-order valence-corrected chi connectivity index (χ0v) is 7.64. The third-order valence-corrected chi connectivity index (χ3v) is 2.43. The van der Waals surface area contributed by atoms with Crippen LogP contribution in [-0.2, 0) is 4.74 Å². The molecule has 0 aromatic carbocycles. The number of pyridine rings is 1. The summed E-state index contributed by atoms with van der Waals surface area (Å²) in [5, 5.41) is 11.0. The summed E-state index contributed by atoms with van der Waals surface area (Å²) in [7, 11) is 1.70. The van der Waals surface area contributed by atoms with Gasteiger partial charge < -0.3 is 9.94 Å². The summed E-state index contributed by atoms with van der Waals surface area (Å²) in [5.41, 5.74) is 0.988. The molecule has 3 heteroatoms. The summed E-state index contributed by atoms with van der Waals surface area (Å²) in [6, 6.07) is 3.71. The van der Waals surface area contributed by atoms with Gasteiger partial charge in [-0.3, -0.25) is 0 Å². The fourth-order valence-electron chi connectivity index (χ4n) is 1.64. The second-order valence-electron chi connectivity index (χ2n) is 3.49. The van der Waals surface area contributed by atoms with Crippen LogP contribution in [0.1, 0.15) is 24.5 Å². The third-order valence-electron chi connectivity index (χ3n) is 2.43. The average molecular weight is 179 g/mol. The van der Waals surface area contributed by atoms with E-state index in [2.05, 4.69) is 0 Å². The van der Waals surface area contributed by atoms with Crippen LogP contribution >= 0.6 is 0 Å². The lowest BCUT2D eigenvalue weighted by Gasteiger charge is -2.13. The first-order valence-corrected chi connectivity index (χ1v) is 4.53. The second kappa shape index (κ2) is 3.34. The van der Waals surface area contributed by atoms with Gasteiger partial charge in [0.1, 0.15) is 0 Å². The first-order chi connectivity index (χ1) is 6.31. The fraction of sp³-hybridized carbons (Fsp3) is 0.500. The standard InChI is InChI=1S/C10H13NO2/c1-13-10(8-4-5-8)9-3-2-6-11(12)7-9/h2-3,6-8,10H,4-5H2,1H3. The minimum absolute atomic E-state index is 0.112. The van der Waals surface area contributed by atoms with Gasteiger partial charge in [-0.25, -0.2) is 0 Å². The minimum atomic E-state index is 0.112. The molecule has 0 amide bonds. The van der Waals surface area contributed by atoms with Gasteiger partial charge in [0, 0.05) is 18.7 Å². The Hall–Kier alpha value is -1.09. The molecule has 0 radical (unpaired) electrons.